The minimum atomic E-state index is -0.565. The lowest BCUT2D eigenvalue weighted by Crippen LogP contribution is -2.33. The third-order valence-corrected chi connectivity index (χ3v) is 12.3. The summed E-state index contributed by atoms with van der Waals surface area (Å²) in [6, 6.07) is 41.3. The molecule has 1 unspecified atom stereocenters. The lowest BCUT2D eigenvalue weighted by molar-refractivity contribution is 0.533. The molecular formula is C50H44N4O2. The minimum absolute atomic E-state index is 0.0585. The molecule has 0 aliphatic heterocycles. The average molecular weight is 733 g/mol. The Kier molecular flexibility index (Phi) is 7.32. The fourth-order valence-corrected chi connectivity index (χ4v) is 9.29. The summed E-state index contributed by atoms with van der Waals surface area (Å²) < 4.78 is 12.9. The molecule has 3 aliphatic rings. The van der Waals surface area contributed by atoms with Crippen molar-refractivity contribution in [2.45, 2.75) is 76.5 Å². The smallest absolute Gasteiger partial charge is 0.248 e. The molecule has 1 spiro atoms. The number of hydrogen-bond acceptors (Lipinski definition) is 6. The van der Waals surface area contributed by atoms with E-state index < -0.39 is 5.41 Å². The van der Waals surface area contributed by atoms with Gasteiger partial charge in [-0.3, -0.25) is 0 Å². The molecule has 0 amide bonds. The summed E-state index contributed by atoms with van der Waals surface area (Å²) in [5.74, 6) is 2.04. The van der Waals surface area contributed by atoms with Crippen molar-refractivity contribution < 1.29 is 8.83 Å². The Morgan fingerprint density at radius 3 is 1.59 bits per heavy atom. The van der Waals surface area contributed by atoms with Crippen LogP contribution in [0, 0.1) is 0 Å². The summed E-state index contributed by atoms with van der Waals surface area (Å²) >= 11 is 0. The quantitative estimate of drug-likeness (QED) is 0.179. The average Bonchev–Trinajstić information content (AvgIpc) is 3.99. The molecule has 2 heterocycles. The van der Waals surface area contributed by atoms with Crippen LogP contribution in [0.4, 0.5) is 0 Å². The van der Waals surface area contributed by atoms with Crippen LogP contribution in [0.2, 0.25) is 0 Å². The first-order valence-corrected chi connectivity index (χ1v) is 19.5. The van der Waals surface area contributed by atoms with E-state index in [2.05, 4.69) is 196 Å². The van der Waals surface area contributed by atoms with Gasteiger partial charge in [0.1, 0.15) is 0 Å². The monoisotopic (exact) mass is 732 g/mol. The lowest BCUT2D eigenvalue weighted by atomic mass is 9.64. The SMILES string of the molecule is CC(C)(C)c1ccc(-c2nnc(C3=CCC4(C)C(=C3)[C@@]3(c5ccccc5-c5ccc(-c6nnc(-c7ccc(C(C)(C)C)cc7)o6)cc53)c3ccccc34)o2)cc1. The summed E-state index contributed by atoms with van der Waals surface area (Å²) in [5.41, 5.74) is 14.3. The maximum absolute atomic E-state index is 6.46. The van der Waals surface area contributed by atoms with Gasteiger partial charge in [-0.2, -0.15) is 0 Å². The Morgan fingerprint density at radius 2 is 0.982 bits per heavy atom. The van der Waals surface area contributed by atoms with Crippen molar-refractivity contribution in [1.82, 2.24) is 20.4 Å². The van der Waals surface area contributed by atoms with Gasteiger partial charge in [0.25, 0.3) is 0 Å². The number of hydrogen-bond donors (Lipinski definition) is 0. The Bertz CT molecular complexity index is 2750. The number of nitrogens with zero attached hydrogens (tertiary/aromatic N) is 4. The summed E-state index contributed by atoms with van der Waals surface area (Å²) in [5, 5.41) is 18.3. The number of aromatic nitrogens is 4. The fraction of sp³-hybridized carbons (Fsp3) is 0.240. The van der Waals surface area contributed by atoms with Crippen molar-refractivity contribution in [1.29, 1.82) is 0 Å². The van der Waals surface area contributed by atoms with E-state index in [9.17, 15) is 0 Å². The Labute approximate surface area is 328 Å². The summed E-state index contributed by atoms with van der Waals surface area (Å²) in [6.07, 6.45) is 5.39. The first kappa shape index (κ1) is 34.4. The number of fused-ring (bicyclic) bond motifs is 10. The van der Waals surface area contributed by atoms with Gasteiger partial charge in [-0.25, -0.2) is 0 Å². The van der Waals surface area contributed by atoms with E-state index in [4.69, 9.17) is 8.83 Å². The third-order valence-electron chi connectivity index (χ3n) is 12.3. The van der Waals surface area contributed by atoms with Crippen LogP contribution in [-0.4, -0.2) is 20.4 Å². The van der Waals surface area contributed by atoms with Crippen LogP contribution in [0.15, 0.2) is 142 Å². The van der Waals surface area contributed by atoms with Crippen LogP contribution in [0.25, 0.3) is 51.1 Å². The molecular weight excluding hydrogens is 689 g/mol. The standard InChI is InChI=1S/C50H44N4O2/c1-47(2,3)34-21-16-30(17-22-34)43-51-53-45(55-43)32-20-25-37-36-12-8-9-13-38(36)50(41(37)28-32)40-15-11-10-14-39(40)49(7)27-26-33(29-42(49)50)46-54-52-44(56-46)31-18-23-35(24-19-31)48(4,5)6/h8-26,28-29H,27H2,1-7H3/t49?,50-/m0/s1. The lowest BCUT2D eigenvalue weighted by Gasteiger charge is -2.37. The summed E-state index contributed by atoms with van der Waals surface area (Å²) in [6.45, 7) is 15.7. The van der Waals surface area contributed by atoms with Gasteiger partial charge in [0, 0.05) is 27.7 Å². The highest BCUT2D eigenvalue weighted by molar-refractivity contribution is 5.92. The highest BCUT2D eigenvalue weighted by Crippen LogP contribution is 2.67. The first-order chi connectivity index (χ1) is 26.9. The first-order valence-electron chi connectivity index (χ1n) is 19.5. The zero-order valence-electron chi connectivity index (χ0n) is 32.9. The van der Waals surface area contributed by atoms with E-state index >= 15 is 0 Å². The largest absolute Gasteiger partial charge is 0.416 e. The second kappa shape index (κ2) is 11.9. The molecule has 0 radical (unpaired) electrons. The Hall–Kier alpha value is -6.14. The van der Waals surface area contributed by atoms with Crippen molar-refractivity contribution in [3.63, 3.8) is 0 Å². The molecule has 2 aromatic heterocycles. The van der Waals surface area contributed by atoms with Crippen LogP contribution >= 0.6 is 0 Å². The zero-order chi connectivity index (χ0) is 38.6. The molecule has 6 heteroatoms. The van der Waals surface area contributed by atoms with Gasteiger partial charge in [-0.1, -0.05) is 133 Å². The Balaban J connectivity index is 1.10. The molecule has 5 aromatic carbocycles. The van der Waals surface area contributed by atoms with E-state index in [1.165, 1.54) is 50.1 Å². The molecule has 0 fully saturated rings. The molecule has 2 atom stereocenters. The topological polar surface area (TPSA) is 77.8 Å². The fourth-order valence-electron chi connectivity index (χ4n) is 9.29. The van der Waals surface area contributed by atoms with Crippen LogP contribution < -0.4 is 0 Å². The molecule has 6 nitrogen and oxygen atoms in total. The summed E-state index contributed by atoms with van der Waals surface area (Å²) in [7, 11) is 0. The van der Waals surface area contributed by atoms with Crippen molar-refractivity contribution in [3.05, 3.63) is 172 Å². The van der Waals surface area contributed by atoms with E-state index in [1.807, 2.05) is 0 Å². The van der Waals surface area contributed by atoms with Crippen molar-refractivity contribution in [2.24, 2.45) is 0 Å². The molecule has 276 valence electrons. The normalized spacial score (nSPS) is 19.6. The van der Waals surface area contributed by atoms with Gasteiger partial charge in [-0.05, 0) is 110 Å². The maximum atomic E-state index is 6.46. The van der Waals surface area contributed by atoms with E-state index in [-0.39, 0.29) is 16.2 Å². The predicted molar refractivity (Wildman–Crippen MR) is 222 cm³/mol. The van der Waals surface area contributed by atoms with Gasteiger partial charge in [-0.15, -0.1) is 20.4 Å². The second-order valence-electron chi connectivity index (χ2n) is 17.8. The van der Waals surface area contributed by atoms with Gasteiger partial charge in [0.15, 0.2) is 0 Å². The third kappa shape index (κ3) is 5.01. The van der Waals surface area contributed by atoms with E-state index in [0.29, 0.717) is 23.6 Å². The van der Waals surface area contributed by atoms with Crippen molar-refractivity contribution >= 4 is 5.57 Å². The molecule has 7 aromatic rings. The zero-order valence-corrected chi connectivity index (χ0v) is 32.9. The van der Waals surface area contributed by atoms with Gasteiger partial charge >= 0.3 is 0 Å². The minimum Gasteiger partial charge on any atom is -0.416 e. The number of benzene rings is 5. The van der Waals surface area contributed by atoms with Crippen LogP contribution in [0.3, 0.4) is 0 Å². The van der Waals surface area contributed by atoms with Gasteiger partial charge in [0.05, 0.1) is 5.41 Å². The van der Waals surface area contributed by atoms with E-state index in [1.54, 1.807) is 0 Å². The molecule has 10 rings (SSSR count). The van der Waals surface area contributed by atoms with Gasteiger partial charge in [0.2, 0.25) is 23.6 Å². The molecule has 0 saturated carbocycles. The summed E-state index contributed by atoms with van der Waals surface area (Å²) in [4.78, 5) is 0. The van der Waals surface area contributed by atoms with Crippen LogP contribution in [0.1, 0.15) is 94.2 Å². The van der Waals surface area contributed by atoms with Gasteiger partial charge < -0.3 is 8.83 Å². The van der Waals surface area contributed by atoms with Crippen molar-refractivity contribution in [3.8, 4) is 45.5 Å². The molecule has 0 saturated heterocycles. The maximum Gasteiger partial charge on any atom is 0.248 e. The van der Waals surface area contributed by atoms with Crippen LogP contribution in [0.5, 0.6) is 0 Å². The highest BCUT2D eigenvalue weighted by atomic mass is 16.4. The predicted octanol–water partition coefficient (Wildman–Crippen LogP) is 12.0. The molecule has 3 aliphatic carbocycles. The molecule has 0 bridgehead atoms. The second-order valence-corrected chi connectivity index (χ2v) is 17.8. The molecule has 56 heavy (non-hydrogen) atoms. The Morgan fingerprint density at radius 1 is 0.500 bits per heavy atom. The number of allylic oxidation sites excluding steroid dienone is 4. The number of rotatable bonds is 4. The molecule has 0 N–H and O–H groups in total. The van der Waals surface area contributed by atoms with E-state index in [0.717, 1.165) is 28.7 Å². The highest BCUT2D eigenvalue weighted by Gasteiger charge is 2.59. The van der Waals surface area contributed by atoms with Crippen molar-refractivity contribution in [2.75, 3.05) is 0 Å². The van der Waals surface area contributed by atoms with Crippen LogP contribution in [-0.2, 0) is 21.7 Å².